The van der Waals surface area contributed by atoms with Crippen molar-refractivity contribution in [1.29, 1.82) is 0 Å². The minimum atomic E-state index is -0.168. The summed E-state index contributed by atoms with van der Waals surface area (Å²) in [5.41, 5.74) is 1.14. The fourth-order valence-electron chi connectivity index (χ4n) is 4.59. The van der Waals surface area contributed by atoms with E-state index in [0.29, 0.717) is 37.6 Å². The van der Waals surface area contributed by atoms with E-state index in [0.717, 1.165) is 31.4 Å². The maximum Gasteiger partial charge on any atom is 0.255 e. The number of amides is 2. The van der Waals surface area contributed by atoms with Crippen LogP contribution in [-0.2, 0) is 9.53 Å². The smallest absolute Gasteiger partial charge is 0.255 e. The van der Waals surface area contributed by atoms with Crippen molar-refractivity contribution in [2.24, 2.45) is 0 Å². The van der Waals surface area contributed by atoms with E-state index in [1.165, 1.54) is 7.11 Å². The number of methoxy groups -OCH3 is 1. The summed E-state index contributed by atoms with van der Waals surface area (Å²) in [5, 5.41) is 0. The number of aromatic amines is 1. The van der Waals surface area contributed by atoms with E-state index in [2.05, 4.69) is 9.97 Å². The van der Waals surface area contributed by atoms with Gasteiger partial charge in [0.25, 0.3) is 11.5 Å². The molecular weight excluding hydrogens is 410 g/mol. The number of carbonyl (C=O) groups excluding carboxylic acids is 2. The van der Waals surface area contributed by atoms with Gasteiger partial charge in [0.15, 0.2) is 0 Å². The van der Waals surface area contributed by atoms with Crippen LogP contribution in [0.2, 0.25) is 0 Å². The molecule has 0 unspecified atom stereocenters. The van der Waals surface area contributed by atoms with Gasteiger partial charge in [-0.1, -0.05) is 0 Å². The Kier molecular flexibility index (Phi) is 6.94. The minimum absolute atomic E-state index is 0.0123. The number of hydrogen-bond acceptors (Lipinski definition) is 6. The van der Waals surface area contributed by atoms with Crippen LogP contribution in [0.5, 0.6) is 0 Å². The number of rotatable bonds is 5. The molecule has 9 heteroatoms. The number of likely N-dealkylation sites (tertiary alicyclic amines) is 2. The Hall–Kier alpha value is -3.07. The highest BCUT2D eigenvalue weighted by molar-refractivity contribution is 5.94. The Labute approximate surface area is 186 Å². The van der Waals surface area contributed by atoms with Gasteiger partial charge in [0.1, 0.15) is 12.4 Å². The van der Waals surface area contributed by atoms with Gasteiger partial charge in [-0.15, -0.1) is 0 Å². The SMILES string of the molecule is COCC(=O)N1CCC(c2nc([C@H]3CCCN(C(=O)c4cccnc4)C3)cc(=O)[nH]2)CC1. The lowest BCUT2D eigenvalue weighted by Gasteiger charge is -2.33. The molecule has 2 amide bonds. The molecule has 2 aromatic rings. The van der Waals surface area contributed by atoms with Crippen molar-refractivity contribution in [3.05, 3.63) is 58.0 Å². The lowest BCUT2D eigenvalue weighted by molar-refractivity contribution is -0.136. The number of nitrogens with one attached hydrogen (secondary N) is 1. The highest BCUT2D eigenvalue weighted by atomic mass is 16.5. The molecule has 2 aliphatic heterocycles. The van der Waals surface area contributed by atoms with E-state index in [4.69, 9.17) is 9.72 Å². The predicted octanol–water partition coefficient (Wildman–Crippen LogP) is 1.54. The zero-order valence-corrected chi connectivity index (χ0v) is 18.3. The minimum Gasteiger partial charge on any atom is -0.375 e. The van der Waals surface area contributed by atoms with Gasteiger partial charge in [-0.25, -0.2) is 4.98 Å². The number of H-pyrrole nitrogens is 1. The molecular formula is C23H29N5O4. The third-order valence-corrected chi connectivity index (χ3v) is 6.32. The second-order valence-corrected chi connectivity index (χ2v) is 8.48. The molecule has 170 valence electrons. The number of carbonyl (C=O) groups is 2. The average molecular weight is 440 g/mol. The lowest BCUT2D eigenvalue weighted by atomic mass is 9.92. The van der Waals surface area contributed by atoms with Crippen molar-refractivity contribution in [2.75, 3.05) is 39.9 Å². The van der Waals surface area contributed by atoms with E-state index >= 15 is 0 Å². The molecule has 0 saturated carbocycles. The molecule has 4 rings (SSSR count). The second-order valence-electron chi connectivity index (χ2n) is 8.48. The number of aromatic nitrogens is 3. The summed E-state index contributed by atoms with van der Waals surface area (Å²) in [4.78, 5) is 52.7. The summed E-state index contributed by atoms with van der Waals surface area (Å²) < 4.78 is 4.94. The quantitative estimate of drug-likeness (QED) is 0.757. The maximum atomic E-state index is 12.8. The molecule has 2 saturated heterocycles. The fraction of sp³-hybridized carbons (Fsp3) is 0.522. The van der Waals surface area contributed by atoms with Crippen LogP contribution < -0.4 is 5.56 Å². The van der Waals surface area contributed by atoms with Crippen LogP contribution in [0.3, 0.4) is 0 Å². The molecule has 0 radical (unpaired) electrons. The average Bonchev–Trinajstić information content (AvgIpc) is 2.84. The van der Waals surface area contributed by atoms with Crippen molar-refractivity contribution in [1.82, 2.24) is 24.8 Å². The van der Waals surface area contributed by atoms with Gasteiger partial charge in [-0.3, -0.25) is 19.4 Å². The van der Waals surface area contributed by atoms with Crippen LogP contribution in [0, 0.1) is 0 Å². The Morgan fingerprint density at radius 1 is 1.16 bits per heavy atom. The molecule has 2 aromatic heterocycles. The zero-order valence-electron chi connectivity index (χ0n) is 18.3. The summed E-state index contributed by atoms with van der Waals surface area (Å²) in [6.07, 6.45) is 6.47. The van der Waals surface area contributed by atoms with E-state index < -0.39 is 0 Å². The summed E-state index contributed by atoms with van der Waals surface area (Å²) in [6, 6.07) is 5.09. The fourth-order valence-corrected chi connectivity index (χ4v) is 4.59. The van der Waals surface area contributed by atoms with Gasteiger partial charge < -0.3 is 19.5 Å². The van der Waals surface area contributed by atoms with E-state index in [-0.39, 0.29) is 35.8 Å². The standard InChI is InChI=1S/C23H29N5O4/c1-32-15-21(30)27-10-6-16(7-11-27)22-25-19(12-20(29)26-22)18-5-3-9-28(14-18)23(31)17-4-2-8-24-13-17/h2,4,8,12-13,16,18H,3,5-7,9-11,14-15H2,1H3,(H,25,26,29)/t18-/m0/s1. The monoisotopic (exact) mass is 439 g/mol. The van der Waals surface area contributed by atoms with Gasteiger partial charge in [-0.2, -0.15) is 0 Å². The van der Waals surface area contributed by atoms with Crippen LogP contribution in [0.4, 0.5) is 0 Å². The third-order valence-electron chi connectivity index (χ3n) is 6.32. The molecule has 1 N–H and O–H groups in total. The van der Waals surface area contributed by atoms with Crippen LogP contribution in [0.15, 0.2) is 35.4 Å². The van der Waals surface area contributed by atoms with Gasteiger partial charge >= 0.3 is 0 Å². The van der Waals surface area contributed by atoms with Gasteiger partial charge in [0.2, 0.25) is 5.91 Å². The highest BCUT2D eigenvalue weighted by Crippen LogP contribution is 2.29. The van der Waals surface area contributed by atoms with Gasteiger partial charge in [0, 0.05) is 63.6 Å². The van der Waals surface area contributed by atoms with Crippen molar-refractivity contribution >= 4 is 11.8 Å². The first-order chi connectivity index (χ1) is 15.5. The van der Waals surface area contributed by atoms with Crippen LogP contribution in [0.1, 0.15) is 59.4 Å². The first-order valence-corrected chi connectivity index (χ1v) is 11.1. The Balaban J connectivity index is 1.45. The second kappa shape index (κ2) is 10.0. The first kappa shape index (κ1) is 22.1. The highest BCUT2D eigenvalue weighted by Gasteiger charge is 2.29. The Morgan fingerprint density at radius 2 is 1.97 bits per heavy atom. The van der Waals surface area contributed by atoms with Crippen molar-refractivity contribution in [3.8, 4) is 0 Å². The Morgan fingerprint density at radius 3 is 2.69 bits per heavy atom. The number of hydrogen-bond donors (Lipinski definition) is 1. The molecule has 0 spiro atoms. The predicted molar refractivity (Wildman–Crippen MR) is 117 cm³/mol. The molecule has 0 aromatic carbocycles. The van der Waals surface area contributed by atoms with Crippen molar-refractivity contribution in [3.63, 3.8) is 0 Å². The molecule has 0 aliphatic carbocycles. The number of piperidine rings is 2. The maximum absolute atomic E-state index is 12.8. The largest absolute Gasteiger partial charge is 0.375 e. The number of ether oxygens (including phenoxy) is 1. The molecule has 9 nitrogen and oxygen atoms in total. The molecule has 4 heterocycles. The van der Waals surface area contributed by atoms with Gasteiger partial charge in [0.05, 0.1) is 11.3 Å². The summed E-state index contributed by atoms with van der Waals surface area (Å²) in [6.45, 7) is 2.56. The zero-order chi connectivity index (χ0) is 22.5. The van der Waals surface area contributed by atoms with Crippen LogP contribution in [0.25, 0.3) is 0 Å². The number of nitrogens with zero attached hydrogens (tertiary/aromatic N) is 4. The molecule has 32 heavy (non-hydrogen) atoms. The molecule has 0 bridgehead atoms. The molecule has 2 fully saturated rings. The number of pyridine rings is 1. The normalized spacial score (nSPS) is 19.7. The van der Waals surface area contributed by atoms with Crippen LogP contribution in [-0.4, -0.2) is 76.5 Å². The van der Waals surface area contributed by atoms with Crippen LogP contribution >= 0.6 is 0 Å². The summed E-state index contributed by atoms with van der Waals surface area (Å²) in [5.74, 6) is 0.754. The molecule has 1 atom stereocenters. The summed E-state index contributed by atoms with van der Waals surface area (Å²) >= 11 is 0. The third kappa shape index (κ3) is 5.04. The van der Waals surface area contributed by atoms with E-state index in [1.54, 1.807) is 35.5 Å². The van der Waals surface area contributed by atoms with Crippen molar-refractivity contribution in [2.45, 2.75) is 37.5 Å². The van der Waals surface area contributed by atoms with Crippen molar-refractivity contribution < 1.29 is 14.3 Å². The van der Waals surface area contributed by atoms with Gasteiger partial charge in [-0.05, 0) is 37.8 Å². The molecule has 2 aliphatic rings. The van der Waals surface area contributed by atoms with E-state index in [9.17, 15) is 14.4 Å². The summed E-state index contributed by atoms with van der Waals surface area (Å²) in [7, 11) is 1.52. The first-order valence-electron chi connectivity index (χ1n) is 11.1. The van der Waals surface area contributed by atoms with E-state index in [1.807, 2.05) is 4.90 Å². The lowest BCUT2D eigenvalue weighted by Crippen LogP contribution is -2.41. The topological polar surface area (TPSA) is 108 Å². The Bertz CT molecular complexity index is 1000.